The first kappa shape index (κ1) is 17.0. The number of fused-ring (bicyclic) bond motifs is 1. The van der Waals surface area contributed by atoms with Crippen molar-refractivity contribution in [2.24, 2.45) is 0 Å². The normalized spacial score (nSPS) is 10.6. The maximum absolute atomic E-state index is 12.5. The average molecular weight is 356 g/mol. The van der Waals surface area contributed by atoms with Gasteiger partial charge in [-0.15, -0.1) is 0 Å². The molecule has 0 fully saturated rings. The highest BCUT2D eigenvalue weighted by Gasteiger charge is 2.12. The predicted molar refractivity (Wildman–Crippen MR) is 102 cm³/mol. The van der Waals surface area contributed by atoms with Gasteiger partial charge in [-0.25, -0.2) is 4.79 Å². The first-order valence-corrected chi connectivity index (χ1v) is 8.14. The van der Waals surface area contributed by atoms with E-state index in [2.05, 4.69) is 15.6 Å². The highest BCUT2D eigenvalue weighted by molar-refractivity contribution is 6.31. The van der Waals surface area contributed by atoms with E-state index >= 15 is 0 Å². The Morgan fingerprint density at radius 3 is 2.60 bits per heavy atom. The third-order valence-corrected chi connectivity index (χ3v) is 4.06. The molecule has 0 unspecified atom stereocenters. The number of amides is 2. The molecule has 0 radical (unpaired) electrons. The Labute approximate surface area is 151 Å². The van der Waals surface area contributed by atoms with Gasteiger partial charge in [-0.3, -0.25) is 4.98 Å². The molecule has 0 spiro atoms. The number of halogens is 1. The molecule has 3 aromatic rings. The SMILES string of the molecule is COc1ccc(Cl)cc1NC(=O)Nc1cc(C)nc2c(C)cccc12. The quantitative estimate of drug-likeness (QED) is 0.682. The Balaban J connectivity index is 1.91. The number of carbonyl (C=O) groups excluding carboxylic acids is 1. The monoisotopic (exact) mass is 355 g/mol. The number of para-hydroxylation sites is 1. The molecule has 0 aliphatic carbocycles. The number of urea groups is 1. The lowest BCUT2D eigenvalue weighted by molar-refractivity contribution is 0.262. The predicted octanol–water partition coefficient (Wildman–Crippen LogP) is 5.16. The van der Waals surface area contributed by atoms with Crippen molar-refractivity contribution < 1.29 is 9.53 Å². The van der Waals surface area contributed by atoms with Crippen molar-refractivity contribution >= 4 is 39.9 Å². The first-order valence-electron chi connectivity index (χ1n) is 7.76. The largest absolute Gasteiger partial charge is 0.495 e. The standard InChI is InChI=1S/C19H18ClN3O2/c1-11-5-4-6-14-15(9-12(2)21-18(11)14)22-19(24)23-16-10-13(20)7-8-17(16)25-3/h4-10H,1-3H3,(H2,21,22,23,24). The van der Waals surface area contributed by atoms with Gasteiger partial charge in [0.15, 0.2) is 0 Å². The van der Waals surface area contributed by atoms with Gasteiger partial charge < -0.3 is 15.4 Å². The van der Waals surface area contributed by atoms with Crippen LogP contribution in [0.1, 0.15) is 11.3 Å². The summed E-state index contributed by atoms with van der Waals surface area (Å²) in [4.78, 5) is 17.0. The van der Waals surface area contributed by atoms with Crippen molar-refractivity contribution in [3.8, 4) is 5.75 Å². The summed E-state index contributed by atoms with van der Waals surface area (Å²) >= 11 is 6.00. The molecule has 0 atom stereocenters. The van der Waals surface area contributed by atoms with Crippen molar-refractivity contribution in [2.75, 3.05) is 17.7 Å². The molecule has 6 heteroatoms. The summed E-state index contributed by atoms with van der Waals surface area (Å²) in [5.41, 5.74) is 3.96. The zero-order valence-corrected chi connectivity index (χ0v) is 14.9. The number of anilines is 2. The molecule has 5 nitrogen and oxygen atoms in total. The summed E-state index contributed by atoms with van der Waals surface area (Å²) < 4.78 is 5.25. The number of pyridine rings is 1. The fourth-order valence-corrected chi connectivity index (χ4v) is 2.85. The van der Waals surface area contributed by atoms with Crippen LogP contribution in [0.25, 0.3) is 10.9 Å². The van der Waals surface area contributed by atoms with E-state index in [1.165, 1.54) is 7.11 Å². The first-order chi connectivity index (χ1) is 12.0. The van der Waals surface area contributed by atoms with Gasteiger partial charge in [-0.1, -0.05) is 29.8 Å². The molecule has 2 aromatic carbocycles. The molecule has 1 aromatic heterocycles. The molecule has 25 heavy (non-hydrogen) atoms. The minimum absolute atomic E-state index is 0.381. The molecule has 1 heterocycles. The number of nitrogens with one attached hydrogen (secondary N) is 2. The number of methoxy groups -OCH3 is 1. The molecule has 2 amide bonds. The van der Waals surface area contributed by atoms with Gasteiger partial charge in [0, 0.05) is 16.1 Å². The molecule has 0 saturated carbocycles. The smallest absolute Gasteiger partial charge is 0.323 e. The molecule has 0 saturated heterocycles. The van der Waals surface area contributed by atoms with Crippen LogP contribution in [0.4, 0.5) is 16.2 Å². The summed E-state index contributed by atoms with van der Waals surface area (Å²) in [6.07, 6.45) is 0. The van der Waals surface area contributed by atoms with Gasteiger partial charge >= 0.3 is 6.03 Å². The van der Waals surface area contributed by atoms with Gasteiger partial charge in [0.25, 0.3) is 0 Å². The van der Waals surface area contributed by atoms with Crippen LogP contribution in [0.2, 0.25) is 5.02 Å². The highest BCUT2D eigenvalue weighted by atomic mass is 35.5. The number of hydrogen-bond donors (Lipinski definition) is 2. The van der Waals surface area contributed by atoms with Gasteiger partial charge in [-0.2, -0.15) is 0 Å². The number of benzene rings is 2. The number of aryl methyl sites for hydroxylation is 2. The summed E-state index contributed by atoms with van der Waals surface area (Å²) in [6, 6.07) is 12.4. The summed E-state index contributed by atoms with van der Waals surface area (Å²) in [6.45, 7) is 3.89. The molecular weight excluding hydrogens is 338 g/mol. The summed E-state index contributed by atoms with van der Waals surface area (Å²) in [5, 5.41) is 7.05. The van der Waals surface area contributed by atoms with E-state index in [4.69, 9.17) is 16.3 Å². The Bertz CT molecular complexity index is 957. The minimum atomic E-state index is -0.381. The Kier molecular flexibility index (Phi) is 4.76. The number of hydrogen-bond acceptors (Lipinski definition) is 3. The molecule has 3 rings (SSSR count). The molecule has 0 aliphatic rings. The van der Waals surface area contributed by atoms with Crippen LogP contribution in [0.3, 0.4) is 0 Å². The van der Waals surface area contributed by atoms with Crippen molar-refractivity contribution in [1.29, 1.82) is 0 Å². The fourth-order valence-electron chi connectivity index (χ4n) is 2.68. The topological polar surface area (TPSA) is 63.2 Å². The molecule has 0 aliphatic heterocycles. The average Bonchev–Trinajstić information content (AvgIpc) is 2.56. The lowest BCUT2D eigenvalue weighted by atomic mass is 10.1. The lowest BCUT2D eigenvalue weighted by Gasteiger charge is -2.14. The number of nitrogens with zero attached hydrogens (tertiary/aromatic N) is 1. The van der Waals surface area contributed by atoms with Crippen LogP contribution < -0.4 is 15.4 Å². The van der Waals surface area contributed by atoms with E-state index in [9.17, 15) is 4.79 Å². The zero-order chi connectivity index (χ0) is 18.0. The second kappa shape index (κ2) is 6.99. The van der Waals surface area contributed by atoms with Crippen LogP contribution in [-0.4, -0.2) is 18.1 Å². The number of ether oxygens (including phenoxy) is 1. The lowest BCUT2D eigenvalue weighted by Crippen LogP contribution is -2.20. The maximum Gasteiger partial charge on any atom is 0.323 e. The molecule has 128 valence electrons. The molecular formula is C19H18ClN3O2. The Morgan fingerprint density at radius 1 is 1.08 bits per heavy atom. The van der Waals surface area contributed by atoms with Crippen LogP contribution in [0.15, 0.2) is 42.5 Å². The third kappa shape index (κ3) is 3.67. The van der Waals surface area contributed by atoms with Gasteiger partial charge in [0.1, 0.15) is 5.75 Å². The van der Waals surface area contributed by atoms with Gasteiger partial charge in [0.05, 0.1) is 24.0 Å². The van der Waals surface area contributed by atoms with Gasteiger partial charge in [-0.05, 0) is 43.7 Å². The van der Waals surface area contributed by atoms with Gasteiger partial charge in [0.2, 0.25) is 0 Å². The third-order valence-electron chi connectivity index (χ3n) is 3.83. The maximum atomic E-state index is 12.5. The van der Waals surface area contributed by atoms with Crippen molar-refractivity contribution in [3.05, 3.63) is 58.7 Å². The molecule has 2 N–H and O–H groups in total. The second-order valence-electron chi connectivity index (χ2n) is 5.71. The van der Waals surface area contributed by atoms with Crippen LogP contribution in [0, 0.1) is 13.8 Å². The van der Waals surface area contributed by atoms with E-state index in [-0.39, 0.29) is 6.03 Å². The van der Waals surface area contributed by atoms with E-state index < -0.39 is 0 Å². The van der Waals surface area contributed by atoms with E-state index in [0.29, 0.717) is 22.1 Å². The van der Waals surface area contributed by atoms with E-state index in [0.717, 1.165) is 22.2 Å². The van der Waals surface area contributed by atoms with E-state index in [1.807, 2.05) is 38.1 Å². The van der Waals surface area contributed by atoms with Crippen molar-refractivity contribution in [3.63, 3.8) is 0 Å². The van der Waals surface area contributed by atoms with Crippen molar-refractivity contribution in [2.45, 2.75) is 13.8 Å². The second-order valence-corrected chi connectivity index (χ2v) is 6.14. The zero-order valence-electron chi connectivity index (χ0n) is 14.2. The summed E-state index contributed by atoms with van der Waals surface area (Å²) in [5.74, 6) is 0.533. The minimum Gasteiger partial charge on any atom is -0.495 e. The van der Waals surface area contributed by atoms with E-state index in [1.54, 1.807) is 18.2 Å². The van der Waals surface area contributed by atoms with Crippen LogP contribution in [0.5, 0.6) is 5.75 Å². The summed E-state index contributed by atoms with van der Waals surface area (Å²) in [7, 11) is 1.54. The fraction of sp³-hybridized carbons (Fsp3) is 0.158. The van der Waals surface area contributed by atoms with Crippen molar-refractivity contribution in [1.82, 2.24) is 4.98 Å². The van der Waals surface area contributed by atoms with Crippen LogP contribution in [-0.2, 0) is 0 Å². The Hall–Kier alpha value is -2.79. The Morgan fingerprint density at radius 2 is 1.84 bits per heavy atom. The number of aromatic nitrogens is 1. The van der Waals surface area contributed by atoms with Crippen LogP contribution >= 0.6 is 11.6 Å². The number of carbonyl (C=O) groups is 1. The molecule has 0 bridgehead atoms. The highest BCUT2D eigenvalue weighted by Crippen LogP contribution is 2.29. The number of rotatable bonds is 3.